The molecule has 5 heterocycles. The van der Waals surface area contributed by atoms with Crippen LogP contribution in [0.25, 0.3) is 193 Å². The first kappa shape index (κ1) is 80.5. The zero-order valence-electron chi connectivity index (χ0n) is 73.4. The van der Waals surface area contributed by atoms with Crippen LogP contribution in [0.15, 0.2) is 485 Å². The van der Waals surface area contributed by atoms with Crippen LogP contribution in [0.1, 0.15) is 27.8 Å². The van der Waals surface area contributed by atoms with Gasteiger partial charge in [0.1, 0.15) is 0 Å². The zero-order valence-corrected chi connectivity index (χ0v) is 73.4. The summed E-state index contributed by atoms with van der Waals surface area (Å²) in [6, 6.07) is 173. The highest BCUT2D eigenvalue weighted by atomic mass is 15.0. The monoisotopic (exact) mass is 1670 g/mol. The summed E-state index contributed by atoms with van der Waals surface area (Å²) in [4.78, 5) is 0. The molecule has 20 aromatic carbocycles. The Hall–Kier alpha value is -16.6. The van der Waals surface area contributed by atoms with Gasteiger partial charge < -0.3 is 22.8 Å². The van der Waals surface area contributed by atoms with Crippen molar-refractivity contribution in [1.82, 2.24) is 22.8 Å². The van der Waals surface area contributed by atoms with Crippen molar-refractivity contribution in [2.24, 2.45) is 0 Å². The summed E-state index contributed by atoms with van der Waals surface area (Å²) < 4.78 is 11.8. The number of rotatable bonds is 10. The molecule has 130 heavy (non-hydrogen) atoms. The lowest BCUT2D eigenvalue weighted by atomic mass is 9.99. The first-order valence-electron chi connectivity index (χ1n) is 44.9. The van der Waals surface area contributed by atoms with Crippen LogP contribution in [-0.2, 0) is 0 Å². The van der Waals surface area contributed by atoms with E-state index < -0.39 is 0 Å². The molecule has 0 saturated heterocycles. The molecule has 0 aliphatic heterocycles. The number of benzene rings is 20. The molecular formula is C125H95N5. The maximum Gasteiger partial charge on any atom is 0.0619 e. The lowest BCUT2D eigenvalue weighted by molar-refractivity contribution is 1.18. The van der Waals surface area contributed by atoms with Gasteiger partial charge in [0, 0.05) is 87.9 Å². The van der Waals surface area contributed by atoms with Crippen molar-refractivity contribution < 1.29 is 0 Å². The molecule has 620 valence electrons. The first-order chi connectivity index (χ1) is 64.1. The van der Waals surface area contributed by atoms with Crippen molar-refractivity contribution in [3.8, 4) is 84.1 Å². The van der Waals surface area contributed by atoms with Crippen LogP contribution < -0.4 is 0 Å². The average Bonchev–Trinajstić information content (AvgIpc) is 1.60. The molecule has 0 unspecified atom stereocenters. The fraction of sp³-hybridized carbons (Fsp3) is 0.0400. The van der Waals surface area contributed by atoms with Gasteiger partial charge in [-0.2, -0.15) is 0 Å². The van der Waals surface area contributed by atoms with Gasteiger partial charge in [0.05, 0.1) is 55.2 Å². The van der Waals surface area contributed by atoms with Gasteiger partial charge >= 0.3 is 0 Å². The number of aromatic nitrogens is 5. The zero-order chi connectivity index (χ0) is 87.5. The minimum atomic E-state index is 1.19. The number of aryl methyl sites for hydroxylation is 5. The standard InChI is InChI=1S/5C25H19N/c1-18-9-8-14-24-25(18)22-17-20(19-10-4-2-5-11-19)15-16-23(22)26(24)21-12-6-3-7-13-21;1-18-12-14-24-22(16-18)23-17-20(19-8-4-2-5-9-19)13-15-25(23)26(24)21-10-6-3-7-11-21;1-18-12-14-22-23-17-20(19-8-4-2-5-9-19)13-15-24(23)26(25(22)16-18)21-10-6-3-7-11-21;1-18-14-16-19(17-15-18)21-11-7-12-23-22-10-5-6-13-24(22)26(25(21)23)20-8-3-2-4-9-20;1-18-14-16-19(17-15-18)21-11-7-13-24-25(21)22-10-5-6-12-23(22)26(24)20-8-3-2-4-9-20/h5*2-17H,1H3. The highest BCUT2D eigenvalue weighted by molar-refractivity contribution is 6.18. The Bertz CT molecular complexity index is 8320. The Morgan fingerprint density at radius 2 is 0.431 bits per heavy atom. The van der Waals surface area contributed by atoms with Gasteiger partial charge in [0.15, 0.2) is 0 Å². The Morgan fingerprint density at radius 3 is 0.923 bits per heavy atom. The predicted molar refractivity (Wildman–Crippen MR) is 555 cm³/mol. The van der Waals surface area contributed by atoms with E-state index in [4.69, 9.17) is 0 Å². The number of hydrogen-bond acceptors (Lipinski definition) is 0. The van der Waals surface area contributed by atoms with Crippen molar-refractivity contribution in [3.05, 3.63) is 513 Å². The maximum atomic E-state index is 2.39. The molecule has 0 fully saturated rings. The van der Waals surface area contributed by atoms with E-state index in [1.54, 1.807) is 0 Å². The molecule has 0 amide bonds. The van der Waals surface area contributed by atoms with Gasteiger partial charge in [-0.3, -0.25) is 0 Å². The van der Waals surface area contributed by atoms with E-state index in [1.165, 1.54) is 221 Å². The summed E-state index contributed by atoms with van der Waals surface area (Å²) in [6.45, 7) is 10.8. The molecule has 0 aliphatic carbocycles. The second kappa shape index (κ2) is 35.4. The minimum absolute atomic E-state index is 1.19. The third kappa shape index (κ3) is 15.5. The SMILES string of the molecule is Cc1ccc(-c2cccc3c2c2ccccc2n3-c2ccccc2)cc1.Cc1ccc(-c2cccc3c4ccccc4n(-c4ccccc4)c23)cc1.Cc1ccc2c(c1)c1cc(-c3ccccc3)ccc1n2-c1ccccc1.Cc1ccc2c3cc(-c4ccccc4)ccc3n(-c3ccccc3)c2c1.Cc1cccc2c1c1cc(-c3ccccc3)ccc1n2-c1ccccc1. The molecule has 25 rings (SSSR count). The van der Waals surface area contributed by atoms with Crippen LogP contribution in [0.3, 0.4) is 0 Å². The van der Waals surface area contributed by atoms with Crippen molar-refractivity contribution in [2.75, 3.05) is 0 Å². The Labute approximate surface area is 758 Å². The number of fused-ring (bicyclic) bond motifs is 15. The molecule has 0 N–H and O–H groups in total. The van der Waals surface area contributed by atoms with E-state index in [2.05, 4.69) is 543 Å². The first-order valence-corrected chi connectivity index (χ1v) is 44.9. The predicted octanol–water partition coefficient (Wildman–Crippen LogP) is 33.8. The van der Waals surface area contributed by atoms with Gasteiger partial charge in [0.2, 0.25) is 0 Å². The van der Waals surface area contributed by atoms with E-state index in [1.807, 2.05) is 0 Å². The normalized spacial score (nSPS) is 11.3. The average molecular weight is 1670 g/mol. The quantitative estimate of drug-likeness (QED) is 0.130. The Balaban J connectivity index is 0.0000000983. The van der Waals surface area contributed by atoms with E-state index in [9.17, 15) is 0 Å². The van der Waals surface area contributed by atoms with Crippen LogP contribution in [-0.4, -0.2) is 22.8 Å². The largest absolute Gasteiger partial charge is 0.309 e. The molecule has 5 heteroatoms. The minimum Gasteiger partial charge on any atom is -0.309 e. The van der Waals surface area contributed by atoms with Crippen molar-refractivity contribution in [3.63, 3.8) is 0 Å². The third-order valence-corrected chi connectivity index (χ3v) is 25.4. The molecule has 0 aliphatic rings. The molecule has 5 nitrogen and oxygen atoms in total. The highest BCUT2D eigenvalue weighted by Crippen LogP contribution is 2.44. The van der Waals surface area contributed by atoms with Crippen molar-refractivity contribution >= 4 is 109 Å². The molecule has 25 aromatic rings. The summed E-state index contributed by atoms with van der Waals surface area (Å²) in [5, 5.41) is 13.0. The van der Waals surface area contributed by atoms with Gasteiger partial charge in [-0.05, 0) is 235 Å². The smallest absolute Gasteiger partial charge is 0.0619 e. The molecule has 0 bridgehead atoms. The van der Waals surface area contributed by atoms with Gasteiger partial charge in [-0.15, -0.1) is 0 Å². The molecule has 0 atom stereocenters. The number of hydrogen-bond donors (Lipinski definition) is 0. The van der Waals surface area contributed by atoms with Gasteiger partial charge in [-0.25, -0.2) is 0 Å². The van der Waals surface area contributed by atoms with E-state index >= 15 is 0 Å². The number of nitrogens with zero attached hydrogens (tertiary/aromatic N) is 5. The van der Waals surface area contributed by atoms with Crippen LogP contribution in [0, 0.1) is 34.6 Å². The van der Waals surface area contributed by atoms with Gasteiger partial charge in [0.25, 0.3) is 0 Å². The summed E-state index contributed by atoms with van der Waals surface area (Å²) in [6.07, 6.45) is 0. The summed E-state index contributed by atoms with van der Waals surface area (Å²) in [5.41, 5.74) is 37.5. The molecule has 0 spiro atoms. The molecule has 0 radical (unpaired) electrons. The summed E-state index contributed by atoms with van der Waals surface area (Å²) in [7, 11) is 0. The van der Waals surface area contributed by atoms with Crippen LogP contribution in [0.4, 0.5) is 0 Å². The number of para-hydroxylation sites is 8. The topological polar surface area (TPSA) is 24.6 Å². The van der Waals surface area contributed by atoms with E-state index in [0.717, 1.165) is 0 Å². The van der Waals surface area contributed by atoms with Crippen LogP contribution >= 0.6 is 0 Å². The van der Waals surface area contributed by atoms with Crippen molar-refractivity contribution in [2.45, 2.75) is 34.6 Å². The summed E-state index contributed by atoms with van der Waals surface area (Å²) in [5.74, 6) is 0. The second-order valence-corrected chi connectivity index (χ2v) is 33.8. The van der Waals surface area contributed by atoms with E-state index in [-0.39, 0.29) is 0 Å². The lowest BCUT2D eigenvalue weighted by Crippen LogP contribution is -1.95. The third-order valence-electron chi connectivity index (χ3n) is 25.4. The fourth-order valence-corrected chi connectivity index (χ4v) is 19.2. The Kier molecular flexibility index (Phi) is 21.9. The summed E-state index contributed by atoms with van der Waals surface area (Å²) >= 11 is 0. The van der Waals surface area contributed by atoms with Crippen molar-refractivity contribution in [1.29, 1.82) is 0 Å². The second-order valence-electron chi connectivity index (χ2n) is 33.8. The van der Waals surface area contributed by atoms with E-state index in [0.29, 0.717) is 0 Å². The highest BCUT2D eigenvalue weighted by Gasteiger charge is 2.22. The fourth-order valence-electron chi connectivity index (χ4n) is 19.2. The molecular weight excluding hydrogens is 1570 g/mol. The lowest BCUT2D eigenvalue weighted by Gasteiger charge is -2.11. The van der Waals surface area contributed by atoms with Gasteiger partial charge in [-0.1, -0.05) is 362 Å². The molecule has 5 aromatic heterocycles. The maximum absolute atomic E-state index is 2.39. The Morgan fingerprint density at radius 1 is 0.138 bits per heavy atom. The van der Waals surface area contributed by atoms with Crippen LogP contribution in [0.5, 0.6) is 0 Å². The van der Waals surface area contributed by atoms with Crippen LogP contribution in [0.2, 0.25) is 0 Å². The molecule has 0 saturated carbocycles.